The topological polar surface area (TPSA) is 109 Å². The maximum Gasteiger partial charge on any atom is 0.243 e. The van der Waals surface area contributed by atoms with Crippen LogP contribution in [-0.2, 0) is 48.9 Å². The van der Waals surface area contributed by atoms with Crippen LogP contribution in [0.25, 0.3) is 33.6 Å². The first-order chi connectivity index (χ1) is 19.9. The second kappa shape index (κ2) is 11.1. The van der Waals surface area contributed by atoms with Crippen LogP contribution in [0.4, 0.5) is 0 Å². The van der Waals surface area contributed by atoms with Gasteiger partial charge in [0, 0.05) is 63.5 Å². The zero-order valence-corrected chi connectivity index (χ0v) is 23.8. The summed E-state index contributed by atoms with van der Waals surface area (Å²) in [6, 6.07) is 10.4. The van der Waals surface area contributed by atoms with Gasteiger partial charge in [-0.25, -0.2) is 9.97 Å². The first-order valence-corrected chi connectivity index (χ1v) is 13.7. The van der Waals surface area contributed by atoms with Crippen molar-refractivity contribution in [1.82, 2.24) is 44.2 Å². The maximum absolute atomic E-state index is 12.1. The van der Waals surface area contributed by atoms with Crippen molar-refractivity contribution in [2.24, 2.45) is 7.05 Å². The number of fused-ring (bicyclic) bond motifs is 3. The van der Waals surface area contributed by atoms with Crippen LogP contribution in [0.3, 0.4) is 0 Å². The lowest BCUT2D eigenvalue weighted by atomic mass is 9.91. The number of carbonyl (C=O) groups is 1. The SMILES string of the molecule is COCCn1cc(-c2ccc(-c3c4c(nn3C)CCc3cnc(Cc5ccn(CC(=O)N(C)C)n5)nc3-4)cc2)cn1. The fraction of sp³-hybridized carbons (Fsp3) is 0.333. The lowest BCUT2D eigenvalue weighted by molar-refractivity contribution is -0.129. The summed E-state index contributed by atoms with van der Waals surface area (Å²) < 4.78 is 10.7. The van der Waals surface area contributed by atoms with Crippen LogP contribution in [0, 0.1) is 0 Å². The number of nitrogens with zero attached hydrogens (tertiary/aromatic N) is 9. The van der Waals surface area contributed by atoms with E-state index in [1.54, 1.807) is 30.8 Å². The Labute approximate surface area is 238 Å². The number of benzene rings is 1. The Kier molecular flexibility index (Phi) is 7.19. The van der Waals surface area contributed by atoms with Gasteiger partial charge >= 0.3 is 0 Å². The third-order valence-corrected chi connectivity index (χ3v) is 7.38. The zero-order chi connectivity index (χ0) is 28.5. The van der Waals surface area contributed by atoms with Gasteiger partial charge in [0.1, 0.15) is 12.4 Å². The highest BCUT2D eigenvalue weighted by Gasteiger charge is 2.27. The van der Waals surface area contributed by atoms with Gasteiger partial charge in [-0.1, -0.05) is 24.3 Å². The largest absolute Gasteiger partial charge is 0.383 e. The Morgan fingerprint density at radius 1 is 1.00 bits per heavy atom. The Morgan fingerprint density at radius 3 is 2.59 bits per heavy atom. The van der Waals surface area contributed by atoms with E-state index < -0.39 is 0 Å². The van der Waals surface area contributed by atoms with Crippen molar-refractivity contribution in [3.63, 3.8) is 0 Å². The van der Waals surface area contributed by atoms with Crippen LogP contribution in [0.5, 0.6) is 0 Å². The molecule has 0 fully saturated rings. The molecule has 0 bridgehead atoms. The third-order valence-electron chi connectivity index (χ3n) is 7.38. The number of ether oxygens (including phenoxy) is 1. The first-order valence-electron chi connectivity index (χ1n) is 13.7. The van der Waals surface area contributed by atoms with Crippen molar-refractivity contribution < 1.29 is 9.53 Å². The number of amides is 1. The molecule has 1 aliphatic carbocycles. The highest BCUT2D eigenvalue weighted by atomic mass is 16.5. The van der Waals surface area contributed by atoms with Crippen molar-refractivity contribution >= 4 is 5.91 Å². The molecule has 6 rings (SSSR count). The summed E-state index contributed by atoms with van der Waals surface area (Å²) in [5.74, 6) is 0.683. The van der Waals surface area contributed by atoms with Gasteiger partial charge in [0.2, 0.25) is 5.91 Å². The van der Waals surface area contributed by atoms with E-state index in [1.807, 2.05) is 47.3 Å². The molecule has 0 atom stereocenters. The van der Waals surface area contributed by atoms with Crippen LogP contribution in [0.1, 0.15) is 22.8 Å². The van der Waals surface area contributed by atoms with Crippen LogP contribution >= 0.6 is 0 Å². The van der Waals surface area contributed by atoms with E-state index in [1.165, 1.54) is 0 Å². The van der Waals surface area contributed by atoms with Crippen LogP contribution in [-0.4, -0.2) is 77.9 Å². The zero-order valence-electron chi connectivity index (χ0n) is 23.8. The molecule has 0 spiro atoms. The van der Waals surface area contributed by atoms with Crippen molar-refractivity contribution in [2.75, 3.05) is 27.8 Å². The number of hydrogen-bond acceptors (Lipinski definition) is 7. The van der Waals surface area contributed by atoms with E-state index in [0.29, 0.717) is 18.9 Å². The Balaban J connectivity index is 1.28. The summed E-state index contributed by atoms with van der Waals surface area (Å²) in [6.45, 7) is 1.55. The van der Waals surface area contributed by atoms with E-state index in [-0.39, 0.29) is 12.5 Å². The lowest BCUT2D eigenvalue weighted by Gasteiger charge is -2.16. The molecule has 0 saturated heterocycles. The van der Waals surface area contributed by atoms with Crippen molar-refractivity contribution in [1.29, 1.82) is 0 Å². The standard InChI is InChI=1S/C30H33N9O2/c1-36(2)27(40)19-39-12-11-24(34-39)15-26-31-16-22-9-10-25-28(29(22)33-26)30(37(3)35-25)21-7-5-20(6-8-21)23-17-32-38(18-23)13-14-41-4/h5-8,11-12,16-18H,9-10,13-15,19H2,1-4H3. The van der Waals surface area contributed by atoms with Gasteiger partial charge < -0.3 is 9.64 Å². The molecule has 11 nitrogen and oxygen atoms in total. The predicted octanol–water partition coefficient (Wildman–Crippen LogP) is 3.03. The van der Waals surface area contributed by atoms with E-state index in [4.69, 9.17) is 14.8 Å². The molecule has 0 N–H and O–H groups in total. The van der Waals surface area contributed by atoms with Gasteiger partial charge in [0.15, 0.2) is 0 Å². The molecule has 0 unspecified atom stereocenters. The molecule has 210 valence electrons. The van der Waals surface area contributed by atoms with Crippen molar-refractivity contribution in [3.05, 3.63) is 77.9 Å². The highest BCUT2D eigenvalue weighted by molar-refractivity contribution is 5.84. The summed E-state index contributed by atoms with van der Waals surface area (Å²) in [7, 11) is 7.16. The smallest absolute Gasteiger partial charge is 0.243 e. The number of aryl methyl sites for hydroxylation is 3. The molecular formula is C30H33N9O2. The molecule has 5 aromatic rings. The van der Waals surface area contributed by atoms with Gasteiger partial charge in [-0.3, -0.25) is 18.8 Å². The molecule has 0 saturated carbocycles. The van der Waals surface area contributed by atoms with Gasteiger partial charge in [0.25, 0.3) is 0 Å². The highest BCUT2D eigenvalue weighted by Crippen LogP contribution is 2.39. The summed E-state index contributed by atoms with van der Waals surface area (Å²) in [6.07, 6.45) is 9.86. The van der Waals surface area contributed by atoms with E-state index in [2.05, 4.69) is 39.4 Å². The minimum Gasteiger partial charge on any atom is -0.383 e. The molecular weight excluding hydrogens is 518 g/mol. The molecule has 4 aromatic heterocycles. The minimum atomic E-state index is -0.00787. The Hall–Kier alpha value is -4.64. The minimum absolute atomic E-state index is 0.00787. The number of rotatable bonds is 9. The number of likely N-dealkylation sites (N-methyl/N-ethyl adjacent to an activating group) is 1. The monoisotopic (exact) mass is 551 g/mol. The van der Waals surface area contributed by atoms with E-state index in [0.717, 1.165) is 70.0 Å². The van der Waals surface area contributed by atoms with Gasteiger partial charge in [0.05, 0.1) is 48.5 Å². The molecule has 1 aromatic carbocycles. The Morgan fingerprint density at radius 2 is 1.80 bits per heavy atom. The molecule has 0 radical (unpaired) electrons. The second-order valence-corrected chi connectivity index (χ2v) is 10.5. The van der Waals surface area contributed by atoms with Crippen LogP contribution in [0.15, 0.2) is 55.1 Å². The first kappa shape index (κ1) is 26.6. The summed E-state index contributed by atoms with van der Waals surface area (Å²) in [4.78, 5) is 23.3. The second-order valence-electron chi connectivity index (χ2n) is 10.5. The number of methoxy groups -OCH3 is 1. The quantitative estimate of drug-likeness (QED) is 0.277. The molecule has 0 aliphatic heterocycles. The van der Waals surface area contributed by atoms with Gasteiger partial charge in [-0.15, -0.1) is 0 Å². The molecule has 1 aliphatic rings. The van der Waals surface area contributed by atoms with Gasteiger partial charge in [-0.2, -0.15) is 15.3 Å². The fourth-order valence-electron chi connectivity index (χ4n) is 5.18. The summed E-state index contributed by atoms with van der Waals surface area (Å²) in [5.41, 5.74) is 9.28. The summed E-state index contributed by atoms with van der Waals surface area (Å²) >= 11 is 0. The normalized spacial score (nSPS) is 12.3. The predicted molar refractivity (Wildman–Crippen MR) is 154 cm³/mol. The fourth-order valence-corrected chi connectivity index (χ4v) is 5.18. The molecule has 1 amide bonds. The molecule has 41 heavy (non-hydrogen) atoms. The van der Waals surface area contributed by atoms with Gasteiger partial charge in [-0.05, 0) is 30.0 Å². The van der Waals surface area contributed by atoms with Crippen molar-refractivity contribution in [2.45, 2.75) is 32.4 Å². The maximum atomic E-state index is 12.1. The lowest BCUT2D eigenvalue weighted by Crippen LogP contribution is -2.26. The molecule has 11 heteroatoms. The van der Waals surface area contributed by atoms with Crippen LogP contribution < -0.4 is 0 Å². The Bertz CT molecular complexity index is 1700. The average Bonchev–Trinajstić information content (AvgIpc) is 3.70. The van der Waals surface area contributed by atoms with Crippen LogP contribution in [0.2, 0.25) is 0 Å². The number of hydrogen-bond donors (Lipinski definition) is 0. The summed E-state index contributed by atoms with van der Waals surface area (Å²) in [5, 5.41) is 13.9. The number of carbonyl (C=O) groups excluding carboxylic acids is 1. The third kappa shape index (κ3) is 5.40. The molecule has 4 heterocycles. The van der Waals surface area contributed by atoms with E-state index >= 15 is 0 Å². The van der Waals surface area contributed by atoms with E-state index in [9.17, 15) is 4.79 Å². The number of aromatic nitrogens is 8. The average molecular weight is 552 g/mol. The van der Waals surface area contributed by atoms with Crippen molar-refractivity contribution in [3.8, 4) is 33.6 Å².